The first-order valence-electron chi connectivity index (χ1n) is 11.0. The first-order valence-corrected chi connectivity index (χ1v) is 11.0. The van der Waals surface area contributed by atoms with Crippen molar-refractivity contribution in [1.29, 1.82) is 0 Å². The lowest BCUT2D eigenvalue weighted by Crippen LogP contribution is -2.62. The largest absolute Gasteiger partial charge is 0.355 e. The normalized spacial score (nSPS) is 21.0. The summed E-state index contributed by atoms with van der Waals surface area (Å²) in [5, 5.41) is 3.03. The number of nitrogens with zero attached hydrogens (tertiary/aromatic N) is 2. The Hall–Kier alpha value is -3.15. The van der Waals surface area contributed by atoms with E-state index in [2.05, 4.69) is 24.4 Å². The van der Waals surface area contributed by atoms with E-state index in [4.69, 9.17) is 0 Å². The molecule has 6 heteroatoms. The molecule has 4 rings (SSSR count). The molecule has 0 aliphatic carbocycles. The fourth-order valence-electron chi connectivity index (χ4n) is 4.80. The molecule has 0 spiro atoms. The highest BCUT2D eigenvalue weighted by Crippen LogP contribution is 2.43. The van der Waals surface area contributed by atoms with Gasteiger partial charge in [-0.3, -0.25) is 19.3 Å². The maximum absolute atomic E-state index is 13.2. The van der Waals surface area contributed by atoms with Crippen molar-refractivity contribution in [1.82, 2.24) is 10.2 Å². The smallest absolute Gasteiger partial charge is 0.257 e. The van der Waals surface area contributed by atoms with Crippen LogP contribution in [0, 0.1) is 0 Å². The number of hydrogen-bond donors (Lipinski definition) is 1. The summed E-state index contributed by atoms with van der Waals surface area (Å²) < 4.78 is 0. The molecule has 0 unspecified atom stereocenters. The molecule has 1 N–H and O–H groups in total. The van der Waals surface area contributed by atoms with Crippen molar-refractivity contribution >= 4 is 23.4 Å². The molecular formula is C25H29N3O3. The third kappa shape index (κ3) is 3.82. The summed E-state index contributed by atoms with van der Waals surface area (Å²) in [5.74, 6) is 0.0766. The summed E-state index contributed by atoms with van der Waals surface area (Å²) in [7, 11) is 0. The Morgan fingerprint density at radius 2 is 1.81 bits per heavy atom. The van der Waals surface area contributed by atoms with Gasteiger partial charge in [-0.05, 0) is 37.5 Å². The predicted molar refractivity (Wildman–Crippen MR) is 120 cm³/mol. The lowest BCUT2D eigenvalue weighted by atomic mass is 9.96. The fraction of sp³-hybridized carbons (Fsp3) is 0.400. The van der Waals surface area contributed by atoms with E-state index in [1.807, 2.05) is 37.3 Å². The molecule has 6 nitrogen and oxygen atoms in total. The van der Waals surface area contributed by atoms with Gasteiger partial charge in [0, 0.05) is 31.8 Å². The highest BCUT2D eigenvalue weighted by atomic mass is 16.2. The van der Waals surface area contributed by atoms with Crippen LogP contribution in [-0.4, -0.2) is 41.4 Å². The highest BCUT2D eigenvalue weighted by molar-refractivity contribution is 6.10. The average Bonchev–Trinajstić information content (AvgIpc) is 3.10. The minimum Gasteiger partial charge on any atom is -0.355 e. The third-order valence-corrected chi connectivity index (χ3v) is 6.62. The Balaban J connectivity index is 1.44. The molecule has 2 aromatic rings. The molecule has 3 amide bonds. The number of rotatable bonds is 7. The molecule has 1 saturated heterocycles. The summed E-state index contributed by atoms with van der Waals surface area (Å²) in [6.45, 7) is 4.88. The van der Waals surface area contributed by atoms with Crippen LogP contribution in [0.25, 0.3) is 0 Å². The zero-order valence-corrected chi connectivity index (χ0v) is 18.1. The molecule has 2 aliphatic heterocycles. The first-order chi connectivity index (χ1) is 15.0. The van der Waals surface area contributed by atoms with Gasteiger partial charge in [-0.25, -0.2) is 0 Å². The summed E-state index contributed by atoms with van der Waals surface area (Å²) in [5.41, 5.74) is 1.68. The van der Waals surface area contributed by atoms with Crippen molar-refractivity contribution in [2.75, 3.05) is 18.0 Å². The Morgan fingerprint density at radius 1 is 1.10 bits per heavy atom. The second-order valence-electron chi connectivity index (χ2n) is 8.49. The number of amides is 3. The number of para-hydroxylation sites is 1. The van der Waals surface area contributed by atoms with Gasteiger partial charge in [0.05, 0.1) is 11.3 Å². The molecule has 0 saturated carbocycles. The summed E-state index contributed by atoms with van der Waals surface area (Å²) in [6.07, 6.45) is 2.10. The van der Waals surface area contributed by atoms with Crippen molar-refractivity contribution in [2.45, 2.75) is 51.1 Å². The molecule has 1 fully saturated rings. The Kier molecular flexibility index (Phi) is 5.81. The van der Waals surface area contributed by atoms with Gasteiger partial charge >= 0.3 is 0 Å². The van der Waals surface area contributed by atoms with E-state index in [1.54, 1.807) is 21.9 Å². The second kappa shape index (κ2) is 8.53. The minimum absolute atomic E-state index is 0.0190. The van der Waals surface area contributed by atoms with Gasteiger partial charge in [0.15, 0.2) is 0 Å². The first kappa shape index (κ1) is 21.1. The number of hydrogen-bond acceptors (Lipinski definition) is 3. The van der Waals surface area contributed by atoms with Crippen molar-refractivity contribution in [3.8, 4) is 0 Å². The highest BCUT2D eigenvalue weighted by Gasteiger charge is 2.52. The molecular weight excluding hydrogens is 390 g/mol. The number of fused-ring (bicyclic) bond motifs is 3. The Labute approximate surface area is 183 Å². The van der Waals surface area contributed by atoms with Gasteiger partial charge in [0.2, 0.25) is 11.8 Å². The lowest BCUT2D eigenvalue weighted by Gasteiger charge is -2.48. The van der Waals surface area contributed by atoms with Gasteiger partial charge < -0.3 is 10.2 Å². The molecule has 31 heavy (non-hydrogen) atoms. The van der Waals surface area contributed by atoms with Gasteiger partial charge in [-0.1, -0.05) is 49.4 Å². The van der Waals surface area contributed by atoms with E-state index in [1.165, 1.54) is 5.56 Å². The topological polar surface area (TPSA) is 69.7 Å². The van der Waals surface area contributed by atoms with Crippen LogP contribution in [0.1, 0.15) is 61.4 Å². The quantitative estimate of drug-likeness (QED) is 0.744. The standard InChI is InChI=1S/C25H29N3O3/c1-3-18(19-9-5-4-6-10-19)17-26-22(29)14-16-27-24(31)20-11-7-8-12-21(20)28-23(30)13-15-25(27,28)2/h4-12,18H,3,13-17H2,1-2H3,(H,26,29)/t18-,25-/m0/s1. The summed E-state index contributed by atoms with van der Waals surface area (Å²) in [4.78, 5) is 41.9. The average molecular weight is 420 g/mol. The van der Waals surface area contributed by atoms with Crippen LogP contribution < -0.4 is 10.2 Å². The second-order valence-corrected chi connectivity index (χ2v) is 8.49. The van der Waals surface area contributed by atoms with Gasteiger partial charge in [0.25, 0.3) is 5.91 Å². The molecule has 162 valence electrons. The number of benzene rings is 2. The maximum Gasteiger partial charge on any atom is 0.257 e. The van der Waals surface area contributed by atoms with E-state index >= 15 is 0 Å². The van der Waals surface area contributed by atoms with E-state index in [-0.39, 0.29) is 36.6 Å². The minimum atomic E-state index is -0.723. The fourth-order valence-corrected chi connectivity index (χ4v) is 4.80. The molecule has 0 aromatic heterocycles. The van der Waals surface area contributed by atoms with Crippen molar-refractivity contribution in [3.63, 3.8) is 0 Å². The van der Waals surface area contributed by atoms with Crippen LogP contribution in [0.5, 0.6) is 0 Å². The summed E-state index contributed by atoms with van der Waals surface area (Å²) in [6, 6.07) is 17.4. The molecule has 2 aliphatic rings. The SMILES string of the molecule is CC[C@@H](CNC(=O)CCN1C(=O)c2ccccc2N2C(=O)CC[C@@]12C)c1ccccc1. The van der Waals surface area contributed by atoms with E-state index in [0.717, 1.165) is 6.42 Å². The molecule has 2 atom stereocenters. The number of nitrogens with one attached hydrogen (secondary N) is 1. The molecule has 2 aromatic carbocycles. The van der Waals surface area contributed by atoms with Crippen LogP contribution in [0.15, 0.2) is 54.6 Å². The summed E-state index contributed by atoms with van der Waals surface area (Å²) >= 11 is 0. The van der Waals surface area contributed by atoms with Gasteiger partial charge in [-0.15, -0.1) is 0 Å². The van der Waals surface area contributed by atoms with E-state index < -0.39 is 5.66 Å². The van der Waals surface area contributed by atoms with E-state index in [0.29, 0.717) is 30.6 Å². The monoisotopic (exact) mass is 419 g/mol. The van der Waals surface area contributed by atoms with Crippen LogP contribution >= 0.6 is 0 Å². The zero-order valence-electron chi connectivity index (χ0n) is 18.1. The maximum atomic E-state index is 13.2. The predicted octanol–water partition coefficient (Wildman–Crippen LogP) is 3.69. The number of anilines is 1. The van der Waals surface area contributed by atoms with Crippen molar-refractivity contribution in [3.05, 3.63) is 65.7 Å². The van der Waals surface area contributed by atoms with Crippen LogP contribution in [0.4, 0.5) is 5.69 Å². The number of carbonyl (C=O) groups excluding carboxylic acids is 3. The van der Waals surface area contributed by atoms with Crippen LogP contribution in [0.2, 0.25) is 0 Å². The van der Waals surface area contributed by atoms with Gasteiger partial charge in [0.1, 0.15) is 5.66 Å². The third-order valence-electron chi connectivity index (χ3n) is 6.62. The van der Waals surface area contributed by atoms with Crippen molar-refractivity contribution in [2.24, 2.45) is 0 Å². The van der Waals surface area contributed by atoms with Gasteiger partial charge in [-0.2, -0.15) is 0 Å². The molecule has 0 radical (unpaired) electrons. The van der Waals surface area contributed by atoms with Crippen LogP contribution in [0.3, 0.4) is 0 Å². The Morgan fingerprint density at radius 3 is 2.55 bits per heavy atom. The number of carbonyl (C=O) groups is 3. The Bertz CT molecular complexity index is 991. The van der Waals surface area contributed by atoms with Crippen molar-refractivity contribution < 1.29 is 14.4 Å². The molecule has 2 heterocycles. The molecule has 0 bridgehead atoms. The van der Waals surface area contributed by atoms with Crippen LogP contribution in [-0.2, 0) is 9.59 Å². The van der Waals surface area contributed by atoms with E-state index in [9.17, 15) is 14.4 Å². The zero-order chi connectivity index (χ0) is 22.0. The lowest BCUT2D eigenvalue weighted by molar-refractivity contribution is -0.121.